The van der Waals surface area contributed by atoms with Crippen molar-refractivity contribution in [3.8, 4) is 0 Å². The highest BCUT2D eigenvalue weighted by Crippen LogP contribution is 2.30. The average Bonchev–Trinajstić information content (AvgIpc) is 2.42. The van der Waals surface area contributed by atoms with Gasteiger partial charge in [-0.1, -0.05) is 6.07 Å². The molecular weight excluding hydrogens is 340 g/mol. The molecule has 20 heavy (non-hydrogen) atoms. The summed E-state index contributed by atoms with van der Waals surface area (Å²) in [5.41, 5.74) is 1.92. The van der Waals surface area contributed by atoms with Crippen LogP contribution >= 0.6 is 15.9 Å². The van der Waals surface area contributed by atoms with Crippen LogP contribution in [0.3, 0.4) is 0 Å². The van der Waals surface area contributed by atoms with Crippen LogP contribution in [0.15, 0.2) is 34.8 Å². The van der Waals surface area contributed by atoms with Gasteiger partial charge in [-0.15, -0.1) is 0 Å². The van der Waals surface area contributed by atoms with Crippen LogP contribution in [0.2, 0.25) is 0 Å². The van der Waals surface area contributed by atoms with Crippen LogP contribution in [0, 0.1) is 23.3 Å². The number of hydrogen-bond acceptors (Lipinski definition) is 2. The Morgan fingerprint density at radius 3 is 2.20 bits per heavy atom. The van der Waals surface area contributed by atoms with Gasteiger partial charge in [-0.3, -0.25) is 5.84 Å². The minimum absolute atomic E-state index is 0.0386. The number of benzene rings is 2. The van der Waals surface area contributed by atoms with Gasteiger partial charge < -0.3 is 0 Å². The van der Waals surface area contributed by atoms with Crippen molar-refractivity contribution in [3.63, 3.8) is 0 Å². The van der Waals surface area contributed by atoms with Crippen LogP contribution in [0.5, 0.6) is 0 Å². The molecule has 0 spiro atoms. The predicted molar refractivity (Wildman–Crippen MR) is 69.6 cm³/mol. The van der Waals surface area contributed by atoms with Crippen LogP contribution in [0.4, 0.5) is 17.6 Å². The van der Waals surface area contributed by atoms with Crippen molar-refractivity contribution >= 4 is 15.9 Å². The molecule has 1 unspecified atom stereocenters. The Kier molecular flexibility index (Phi) is 4.42. The average molecular weight is 349 g/mol. The van der Waals surface area contributed by atoms with Crippen molar-refractivity contribution in [1.29, 1.82) is 0 Å². The lowest BCUT2D eigenvalue weighted by Crippen LogP contribution is -2.30. The Morgan fingerprint density at radius 2 is 1.60 bits per heavy atom. The van der Waals surface area contributed by atoms with Crippen molar-refractivity contribution in [2.75, 3.05) is 0 Å². The van der Waals surface area contributed by atoms with Crippen LogP contribution in [0.1, 0.15) is 17.2 Å². The fraction of sp³-hybridized carbons (Fsp3) is 0.0769. The van der Waals surface area contributed by atoms with E-state index in [1.165, 1.54) is 12.1 Å². The standard InChI is InChI=1S/C13H9BrF4N2/c14-7-2-4-9(16)11(12(7)18)13(20-19)6-1-3-8(15)10(17)5-6/h1-5,13,20H,19H2. The van der Waals surface area contributed by atoms with Gasteiger partial charge in [-0.2, -0.15) is 0 Å². The summed E-state index contributed by atoms with van der Waals surface area (Å²) in [6, 6.07) is 3.99. The lowest BCUT2D eigenvalue weighted by atomic mass is 9.98. The first-order valence-corrected chi connectivity index (χ1v) is 6.29. The zero-order valence-electron chi connectivity index (χ0n) is 9.93. The van der Waals surface area contributed by atoms with Crippen molar-refractivity contribution in [2.45, 2.75) is 6.04 Å². The molecule has 1 atom stereocenters. The van der Waals surface area contributed by atoms with E-state index in [-0.39, 0.29) is 15.6 Å². The molecule has 0 aliphatic rings. The van der Waals surface area contributed by atoms with Crippen LogP contribution in [0.25, 0.3) is 0 Å². The van der Waals surface area contributed by atoms with Crippen molar-refractivity contribution in [2.24, 2.45) is 5.84 Å². The quantitative estimate of drug-likeness (QED) is 0.385. The number of hydrazine groups is 1. The lowest BCUT2D eigenvalue weighted by Gasteiger charge is -2.19. The van der Waals surface area contributed by atoms with Crippen LogP contribution < -0.4 is 11.3 Å². The first-order valence-electron chi connectivity index (χ1n) is 5.50. The molecular formula is C13H9BrF4N2. The normalized spacial score (nSPS) is 12.5. The Morgan fingerprint density at radius 1 is 0.950 bits per heavy atom. The van der Waals surface area contributed by atoms with E-state index in [1.54, 1.807) is 0 Å². The molecule has 0 saturated heterocycles. The maximum Gasteiger partial charge on any atom is 0.159 e. The molecule has 2 rings (SSSR count). The minimum Gasteiger partial charge on any atom is -0.271 e. The number of hydrogen-bond donors (Lipinski definition) is 2. The van der Waals surface area contributed by atoms with E-state index < -0.39 is 29.3 Å². The number of nitrogens with one attached hydrogen (secondary N) is 1. The molecule has 0 amide bonds. The maximum atomic E-state index is 14.0. The minimum atomic E-state index is -1.15. The van der Waals surface area contributed by atoms with Crippen molar-refractivity contribution in [1.82, 2.24) is 5.43 Å². The Hall–Kier alpha value is -1.44. The summed E-state index contributed by atoms with van der Waals surface area (Å²) in [6.07, 6.45) is 0. The highest BCUT2D eigenvalue weighted by Gasteiger charge is 2.23. The molecule has 0 aliphatic carbocycles. The molecule has 0 fully saturated rings. The van der Waals surface area contributed by atoms with Gasteiger partial charge >= 0.3 is 0 Å². The fourth-order valence-electron chi connectivity index (χ4n) is 1.85. The van der Waals surface area contributed by atoms with Crippen molar-refractivity contribution < 1.29 is 17.6 Å². The maximum absolute atomic E-state index is 14.0. The van der Waals surface area contributed by atoms with Gasteiger partial charge in [0.15, 0.2) is 11.6 Å². The Balaban J connectivity index is 2.58. The van der Waals surface area contributed by atoms with Crippen molar-refractivity contribution in [3.05, 3.63) is 69.2 Å². The summed E-state index contributed by atoms with van der Waals surface area (Å²) in [4.78, 5) is 0. The highest BCUT2D eigenvalue weighted by atomic mass is 79.9. The van der Waals surface area contributed by atoms with Gasteiger partial charge in [-0.25, -0.2) is 23.0 Å². The summed E-state index contributed by atoms with van der Waals surface area (Å²) < 4.78 is 54.0. The molecule has 106 valence electrons. The van der Waals surface area contributed by atoms with E-state index in [2.05, 4.69) is 21.4 Å². The van der Waals surface area contributed by atoms with Gasteiger partial charge in [0.1, 0.15) is 11.6 Å². The number of nitrogens with two attached hydrogens (primary N) is 1. The second-order valence-electron chi connectivity index (χ2n) is 4.03. The zero-order chi connectivity index (χ0) is 14.9. The smallest absolute Gasteiger partial charge is 0.159 e. The number of halogens is 5. The second kappa shape index (κ2) is 5.90. The molecule has 2 aromatic carbocycles. The fourth-order valence-corrected chi connectivity index (χ4v) is 2.19. The second-order valence-corrected chi connectivity index (χ2v) is 4.88. The van der Waals surface area contributed by atoms with Crippen LogP contribution in [-0.4, -0.2) is 0 Å². The highest BCUT2D eigenvalue weighted by molar-refractivity contribution is 9.10. The third kappa shape index (κ3) is 2.70. The summed E-state index contributed by atoms with van der Waals surface area (Å²) in [5, 5.41) is 0. The largest absolute Gasteiger partial charge is 0.271 e. The molecule has 0 saturated carbocycles. The van der Waals surface area contributed by atoms with Gasteiger partial charge in [0.05, 0.1) is 10.5 Å². The van der Waals surface area contributed by atoms with Crippen LogP contribution in [-0.2, 0) is 0 Å². The third-order valence-corrected chi connectivity index (χ3v) is 3.42. The SMILES string of the molecule is NNC(c1ccc(F)c(F)c1)c1c(F)ccc(Br)c1F. The molecule has 3 N–H and O–H groups in total. The monoisotopic (exact) mass is 348 g/mol. The number of rotatable bonds is 3. The third-order valence-electron chi connectivity index (χ3n) is 2.81. The molecule has 0 radical (unpaired) electrons. The van der Waals surface area contributed by atoms with Gasteiger partial charge in [0.2, 0.25) is 0 Å². The lowest BCUT2D eigenvalue weighted by molar-refractivity contribution is 0.492. The molecule has 0 aromatic heterocycles. The zero-order valence-corrected chi connectivity index (χ0v) is 11.5. The van der Waals surface area contributed by atoms with E-state index in [0.717, 1.165) is 18.2 Å². The molecule has 7 heteroatoms. The molecule has 0 aliphatic heterocycles. The molecule has 0 heterocycles. The Labute approximate surface area is 120 Å². The first-order chi connectivity index (χ1) is 9.45. The summed E-state index contributed by atoms with van der Waals surface area (Å²) in [6.45, 7) is 0. The molecule has 2 nitrogen and oxygen atoms in total. The van der Waals surface area contributed by atoms with Gasteiger partial charge in [-0.05, 0) is 45.8 Å². The van der Waals surface area contributed by atoms with E-state index in [1.807, 2.05) is 0 Å². The van der Waals surface area contributed by atoms with E-state index >= 15 is 0 Å². The van der Waals surface area contributed by atoms with Gasteiger partial charge in [0, 0.05) is 5.56 Å². The molecule has 2 aromatic rings. The van der Waals surface area contributed by atoms with E-state index in [4.69, 9.17) is 5.84 Å². The first kappa shape index (κ1) is 15.0. The topological polar surface area (TPSA) is 38.0 Å². The molecule has 0 bridgehead atoms. The van der Waals surface area contributed by atoms with Gasteiger partial charge in [0.25, 0.3) is 0 Å². The summed E-state index contributed by atoms with van der Waals surface area (Å²) in [7, 11) is 0. The van der Waals surface area contributed by atoms with E-state index in [9.17, 15) is 17.6 Å². The Bertz CT molecular complexity index is 649. The summed E-state index contributed by atoms with van der Waals surface area (Å²) >= 11 is 2.93. The van der Waals surface area contributed by atoms with E-state index in [0.29, 0.717) is 0 Å². The summed E-state index contributed by atoms with van der Waals surface area (Å²) in [5.74, 6) is 1.40. The predicted octanol–water partition coefficient (Wildman–Crippen LogP) is 3.56.